The van der Waals surface area contributed by atoms with Gasteiger partial charge in [-0.3, -0.25) is 13.9 Å². The first-order valence-electron chi connectivity index (χ1n) is 11.2. The molecule has 1 saturated heterocycles. The molecular weight excluding hydrogens is 459 g/mol. The molecule has 4 aromatic rings. The zero-order chi connectivity index (χ0) is 23.4. The molecule has 2 aliphatic rings. The molecule has 0 unspecified atom stereocenters. The largest absolute Gasteiger partial charge is 0.370 e. The summed E-state index contributed by atoms with van der Waals surface area (Å²) in [5.74, 6) is 0.0555. The lowest BCUT2D eigenvalue weighted by Crippen LogP contribution is -2.39. The van der Waals surface area contributed by atoms with Gasteiger partial charge in [0.2, 0.25) is 0 Å². The minimum absolute atomic E-state index is 0.117. The van der Waals surface area contributed by atoms with Gasteiger partial charge in [0, 0.05) is 41.5 Å². The second-order valence-corrected chi connectivity index (χ2v) is 9.15. The molecule has 0 amide bonds. The highest BCUT2D eigenvalue weighted by Crippen LogP contribution is 2.31. The van der Waals surface area contributed by atoms with Crippen molar-refractivity contribution in [2.45, 2.75) is 25.4 Å². The maximum Gasteiger partial charge on any atom is 0.261 e. The average Bonchev–Trinajstić information content (AvgIpc) is 3.48. The van der Waals surface area contributed by atoms with Crippen LogP contribution in [0.2, 0.25) is 5.02 Å². The van der Waals surface area contributed by atoms with Gasteiger partial charge < -0.3 is 9.64 Å². The lowest BCUT2D eigenvalue weighted by atomic mass is 10.1. The monoisotopic (exact) mass is 480 g/mol. The number of benzene rings is 1. The molecular formula is C24H22ClFN6O2. The van der Waals surface area contributed by atoms with Gasteiger partial charge in [0.25, 0.3) is 5.56 Å². The predicted molar refractivity (Wildman–Crippen MR) is 126 cm³/mol. The number of halogens is 2. The summed E-state index contributed by atoms with van der Waals surface area (Å²) in [4.78, 5) is 25.0. The van der Waals surface area contributed by atoms with E-state index in [1.807, 2.05) is 13.2 Å². The standard InChI is InChI=1S/C24H22ClFN6O2/c1-30-11-14(10-27-30)20-12-31(7-8-34-20)21-13-32-23(28-19-4-2-3-17(19)24(32)33)22(29-21)16-6-5-15(25)9-18(16)26/h5-6,9-11,13,20H,2-4,7-8,12H2,1H3/t20-/m0/s1. The average molecular weight is 481 g/mol. The van der Waals surface area contributed by atoms with Crippen molar-refractivity contribution in [3.63, 3.8) is 0 Å². The molecule has 8 nitrogen and oxygen atoms in total. The number of morpholine rings is 1. The maximum absolute atomic E-state index is 15.0. The van der Waals surface area contributed by atoms with Crippen molar-refractivity contribution in [1.82, 2.24) is 24.1 Å². The van der Waals surface area contributed by atoms with Crippen LogP contribution in [0.1, 0.15) is 29.3 Å². The molecule has 3 aromatic heterocycles. The van der Waals surface area contributed by atoms with Gasteiger partial charge in [0.15, 0.2) is 5.65 Å². The van der Waals surface area contributed by atoms with E-state index in [1.54, 1.807) is 29.2 Å². The summed E-state index contributed by atoms with van der Waals surface area (Å²) in [7, 11) is 1.86. The summed E-state index contributed by atoms with van der Waals surface area (Å²) in [5.41, 5.74) is 3.29. The Labute approximate surface area is 199 Å². The molecule has 1 aliphatic carbocycles. The molecule has 1 fully saturated rings. The lowest BCUT2D eigenvalue weighted by Gasteiger charge is -2.33. The highest BCUT2D eigenvalue weighted by Gasteiger charge is 2.27. The molecule has 1 aliphatic heterocycles. The van der Waals surface area contributed by atoms with E-state index in [1.165, 1.54) is 10.5 Å². The zero-order valence-electron chi connectivity index (χ0n) is 18.5. The van der Waals surface area contributed by atoms with Crippen molar-refractivity contribution < 1.29 is 9.13 Å². The van der Waals surface area contributed by atoms with Crippen LogP contribution in [0.4, 0.5) is 10.2 Å². The fraction of sp³-hybridized carbons (Fsp3) is 0.333. The normalized spacial score (nSPS) is 18.0. The second-order valence-electron chi connectivity index (χ2n) is 8.71. The fourth-order valence-corrected chi connectivity index (χ4v) is 4.94. The SMILES string of the molecule is Cn1cc([C@@H]2CN(c3cn4c(=O)c5c(nc4c(-c4ccc(Cl)cc4F)n3)CCC5)CCO2)cn1. The number of ether oxygens (including phenoxy) is 1. The number of fused-ring (bicyclic) bond motifs is 2. The van der Waals surface area contributed by atoms with Crippen molar-refractivity contribution in [1.29, 1.82) is 0 Å². The minimum Gasteiger partial charge on any atom is -0.370 e. The third-order valence-electron chi connectivity index (χ3n) is 6.49. The van der Waals surface area contributed by atoms with Crippen LogP contribution in [-0.4, -0.2) is 43.8 Å². The van der Waals surface area contributed by atoms with E-state index in [0.29, 0.717) is 48.3 Å². The number of anilines is 1. The Hall–Kier alpha value is -3.30. The van der Waals surface area contributed by atoms with Gasteiger partial charge in [-0.25, -0.2) is 14.4 Å². The molecule has 0 spiro atoms. The Morgan fingerprint density at radius 2 is 2.09 bits per heavy atom. The molecule has 34 heavy (non-hydrogen) atoms. The van der Waals surface area contributed by atoms with Crippen LogP contribution in [0.25, 0.3) is 16.9 Å². The van der Waals surface area contributed by atoms with Gasteiger partial charge in [-0.1, -0.05) is 11.6 Å². The number of rotatable bonds is 3. The van der Waals surface area contributed by atoms with Gasteiger partial charge in [-0.15, -0.1) is 0 Å². The van der Waals surface area contributed by atoms with Crippen molar-refractivity contribution >= 4 is 23.1 Å². The Bertz CT molecular complexity index is 1480. The topological polar surface area (TPSA) is 77.5 Å². The predicted octanol–water partition coefficient (Wildman–Crippen LogP) is 3.35. The maximum atomic E-state index is 15.0. The van der Waals surface area contributed by atoms with E-state index < -0.39 is 5.82 Å². The molecule has 0 bridgehead atoms. The molecule has 1 atom stereocenters. The molecule has 174 valence electrons. The van der Waals surface area contributed by atoms with Crippen LogP contribution >= 0.6 is 11.6 Å². The van der Waals surface area contributed by atoms with Gasteiger partial charge >= 0.3 is 0 Å². The summed E-state index contributed by atoms with van der Waals surface area (Å²) in [6.45, 7) is 1.60. The van der Waals surface area contributed by atoms with Gasteiger partial charge in [-0.05, 0) is 37.5 Å². The number of aryl methyl sites for hydroxylation is 2. The summed E-state index contributed by atoms with van der Waals surface area (Å²) in [6, 6.07) is 4.45. The molecule has 4 heterocycles. The Kier molecular flexibility index (Phi) is 5.11. The molecule has 0 N–H and O–H groups in total. The Morgan fingerprint density at radius 3 is 2.88 bits per heavy atom. The van der Waals surface area contributed by atoms with E-state index in [0.717, 1.165) is 29.7 Å². The number of hydrogen-bond acceptors (Lipinski definition) is 6. The van der Waals surface area contributed by atoms with E-state index in [2.05, 4.69) is 10.00 Å². The first kappa shape index (κ1) is 21.2. The van der Waals surface area contributed by atoms with Crippen LogP contribution in [0.5, 0.6) is 0 Å². The Morgan fingerprint density at radius 1 is 1.21 bits per heavy atom. The fourth-order valence-electron chi connectivity index (χ4n) is 4.78. The quantitative estimate of drug-likeness (QED) is 0.447. The Balaban J connectivity index is 1.52. The van der Waals surface area contributed by atoms with E-state index in [9.17, 15) is 4.79 Å². The minimum atomic E-state index is -0.510. The zero-order valence-corrected chi connectivity index (χ0v) is 19.3. The number of aromatic nitrogens is 5. The van der Waals surface area contributed by atoms with E-state index in [4.69, 9.17) is 26.3 Å². The van der Waals surface area contributed by atoms with Crippen molar-refractivity contribution in [2.24, 2.45) is 7.05 Å². The smallest absolute Gasteiger partial charge is 0.261 e. The summed E-state index contributed by atoms with van der Waals surface area (Å²) >= 11 is 5.99. The van der Waals surface area contributed by atoms with E-state index in [-0.39, 0.29) is 17.2 Å². The highest BCUT2D eigenvalue weighted by molar-refractivity contribution is 6.30. The van der Waals surface area contributed by atoms with Crippen molar-refractivity contribution in [3.8, 4) is 11.3 Å². The summed E-state index contributed by atoms with van der Waals surface area (Å²) < 4.78 is 24.2. The van der Waals surface area contributed by atoms with E-state index >= 15 is 4.39 Å². The molecule has 10 heteroatoms. The van der Waals surface area contributed by atoms with Gasteiger partial charge in [-0.2, -0.15) is 5.10 Å². The third kappa shape index (κ3) is 3.56. The van der Waals surface area contributed by atoms with Gasteiger partial charge in [0.05, 0.1) is 31.2 Å². The lowest BCUT2D eigenvalue weighted by molar-refractivity contribution is 0.0394. The van der Waals surface area contributed by atoms with Crippen LogP contribution in [0.3, 0.4) is 0 Å². The summed E-state index contributed by atoms with van der Waals surface area (Å²) in [6.07, 6.45) is 7.56. The molecule has 6 rings (SSSR count). The van der Waals surface area contributed by atoms with Crippen LogP contribution in [0.15, 0.2) is 41.6 Å². The first-order valence-corrected chi connectivity index (χ1v) is 11.6. The number of nitrogens with zero attached hydrogens (tertiary/aromatic N) is 6. The second kappa shape index (κ2) is 8.18. The molecule has 0 saturated carbocycles. The molecule has 1 aromatic carbocycles. The van der Waals surface area contributed by atoms with Crippen molar-refractivity contribution in [3.05, 3.63) is 74.8 Å². The number of hydrogen-bond donors (Lipinski definition) is 0. The van der Waals surface area contributed by atoms with Crippen LogP contribution in [0, 0.1) is 5.82 Å². The third-order valence-corrected chi connectivity index (χ3v) is 6.73. The molecule has 0 radical (unpaired) electrons. The van der Waals surface area contributed by atoms with Gasteiger partial charge in [0.1, 0.15) is 23.4 Å². The highest BCUT2D eigenvalue weighted by atomic mass is 35.5. The van der Waals surface area contributed by atoms with Crippen LogP contribution in [-0.2, 0) is 24.6 Å². The first-order chi connectivity index (χ1) is 16.5. The van der Waals surface area contributed by atoms with Crippen molar-refractivity contribution in [2.75, 3.05) is 24.6 Å². The van der Waals surface area contributed by atoms with Crippen LogP contribution < -0.4 is 10.5 Å². The summed E-state index contributed by atoms with van der Waals surface area (Å²) in [5, 5.41) is 4.53.